The predicted octanol–water partition coefficient (Wildman–Crippen LogP) is 3.43. The molecule has 0 amide bonds. The molecular formula is C20H19N5O2S2. The summed E-state index contributed by atoms with van der Waals surface area (Å²) in [7, 11) is -3.77. The van der Waals surface area contributed by atoms with Crippen molar-refractivity contribution in [1.82, 2.24) is 9.97 Å². The third-order valence-corrected chi connectivity index (χ3v) is 6.23. The van der Waals surface area contributed by atoms with Crippen LogP contribution in [-0.4, -0.2) is 30.0 Å². The molecule has 9 heteroatoms. The quantitative estimate of drug-likeness (QED) is 0.619. The van der Waals surface area contributed by atoms with Crippen molar-refractivity contribution >= 4 is 44.7 Å². The molecule has 1 aromatic heterocycles. The van der Waals surface area contributed by atoms with Crippen LogP contribution in [0.4, 0.5) is 17.3 Å². The van der Waals surface area contributed by atoms with Gasteiger partial charge in [0, 0.05) is 30.3 Å². The Hall–Kier alpha value is -3.04. The first-order valence-corrected chi connectivity index (χ1v) is 11.0. The first-order valence-electron chi connectivity index (χ1n) is 9.09. The summed E-state index contributed by atoms with van der Waals surface area (Å²) in [4.78, 5) is 9.95. The molecule has 1 aliphatic rings. The average molecular weight is 426 g/mol. The number of rotatable bonds is 4. The van der Waals surface area contributed by atoms with Crippen LogP contribution in [-0.2, 0) is 16.4 Å². The normalized spacial score (nSPS) is 13.4. The summed E-state index contributed by atoms with van der Waals surface area (Å²) >= 11 is 5.59. The third kappa shape index (κ3) is 4.36. The number of benzene rings is 2. The Labute approximate surface area is 174 Å². The zero-order valence-corrected chi connectivity index (χ0v) is 17.1. The van der Waals surface area contributed by atoms with E-state index >= 15 is 0 Å². The van der Waals surface area contributed by atoms with Crippen LogP contribution >= 0.6 is 12.2 Å². The topological polar surface area (TPSA) is 87.2 Å². The molecule has 0 aliphatic carbocycles. The van der Waals surface area contributed by atoms with Gasteiger partial charge < -0.3 is 10.2 Å². The van der Waals surface area contributed by atoms with E-state index in [1.807, 2.05) is 12.1 Å². The first kappa shape index (κ1) is 19.3. The van der Waals surface area contributed by atoms with Crippen molar-refractivity contribution in [2.24, 2.45) is 0 Å². The first-order chi connectivity index (χ1) is 14.0. The van der Waals surface area contributed by atoms with E-state index in [1.54, 1.807) is 18.2 Å². The van der Waals surface area contributed by atoms with Gasteiger partial charge in [-0.15, -0.1) is 0 Å². The third-order valence-electron chi connectivity index (χ3n) is 4.56. The molecule has 0 atom stereocenters. The highest BCUT2D eigenvalue weighted by atomic mass is 32.2. The van der Waals surface area contributed by atoms with Crippen LogP contribution in [0.25, 0.3) is 0 Å². The Bertz CT molecular complexity index is 1120. The molecule has 0 bridgehead atoms. The van der Waals surface area contributed by atoms with E-state index in [0.29, 0.717) is 10.8 Å². The summed E-state index contributed by atoms with van der Waals surface area (Å²) < 4.78 is 27.3. The van der Waals surface area contributed by atoms with Gasteiger partial charge in [-0.25, -0.2) is 23.1 Å². The number of nitrogens with one attached hydrogen (secondary N) is 2. The fourth-order valence-corrected chi connectivity index (χ4v) is 4.45. The lowest BCUT2D eigenvalue weighted by molar-refractivity contribution is 0.601. The van der Waals surface area contributed by atoms with Gasteiger partial charge in [0.05, 0.1) is 4.90 Å². The summed E-state index contributed by atoms with van der Waals surface area (Å²) in [6, 6.07) is 16.2. The fraction of sp³-hybridized carbons (Fsp3) is 0.150. The molecular weight excluding hydrogens is 406 g/mol. The van der Waals surface area contributed by atoms with Gasteiger partial charge in [0.2, 0.25) is 5.95 Å². The molecule has 2 heterocycles. The molecule has 2 N–H and O–H groups in total. The summed E-state index contributed by atoms with van der Waals surface area (Å²) in [5.74, 6) is 0.0274. The molecule has 1 aliphatic heterocycles. The van der Waals surface area contributed by atoms with Gasteiger partial charge in [0.15, 0.2) is 5.11 Å². The second-order valence-electron chi connectivity index (χ2n) is 6.52. The van der Waals surface area contributed by atoms with Crippen molar-refractivity contribution in [2.75, 3.05) is 21.5 Å². The highest BCUT2D eigenvalue weighted by Crippen LogP contribution is 2.27. The van der Waals surface area contributed by atoms with Gasteiger partial charge >= 0.3 is 0 Å². The minimum Gasteiger partial charge on any atom is -0.332 e. The van der Waals surface area contributed by atoms with E-state index in [1.165, 1.54) is 30.1 Å². The van der Waals surface area contributed by atoms with Crippen LogP contribution in [0.5, 0.6) is 0 Å². The largest absolute Gasteiger partial charge is 0.332 e. The average Bonchev–Trinajstić information content (AvgIpc) is 2.74. The maximum atomic E-state index is 12.5. The zero-order chi connectivity index (χ0) is 20.3. The van der Waals surface area contributed by atoms with Crippen molar-refractivity contribution in [1.29, 1.82) is 0 Å². The molecule has 0 saturated heterocycles. The molecule has 0 fully saturated rings. The molecule has 29 heavy (non-hydrogen) atoms. The number of aromatic nitrogens is 2. The van der Waals surface area contributed by atoms with Crippen molar-refractivity contribution in [3.8, 4) is 0 Å². The second kappa shape index (κ2) is 8.14. The monoisotopic (exact) mass is 425 g/mol. The maximum absolute atomic E-state index is 12.5. The van der Waals surface area contributed by atoms with Gasteiger partial charge in [0.1, 0.15) is 0 Å². The minimum absolute atomic E-state index is 0.0274. The highest BCUT2D eigenvalue weighted by molar-refractivity contribution is 7.92. The van der Waals surface area contributed by atoms with Crippen LogP contribution in [0, 0.1) is 0 Å². The lowest BCUT2D eigenvalue weighted by Crippen LogP contribution is -2.38. The summed E-state index contributed by atoms with van der Waals surface area (Å²) in [6.07, 6.45) is 5.01. The van der Waals surface area contributed by atoms with E-state index in [-0.39, 0.29) is 10.8 Å². The molecule has 7 nitrogen and oxygen atoms in total. The molecule has 2 aromatic carbocycles. The number of hydrogen-bond acceptors (Lipinski definition) is 5. The Balaban J connectivity index is 1.47. The van der Waals surface area contributed by atoms with Crippen LogP contribution in [0.15, 0.2) is 71.9 Å². The van der Waals surface area contributed by atoms with Gasteiger partial charge in [-0.3, -0.25) is 0 Å². The molecule has 3 aromatic rings. The van der Waals surface area contributed by atoms with Crippen LogP contribution in [0.1, 0.15) is 12.0 Å². The Morgan fingerprint density at radius 3 is 2.48 bits per heavy atom. The second-order valence-corrected chi connectivity index (χ2v) is 8.59. The van der Waals surface area contributed by atoms with Gasteiger partial charge in [-0.05, 0) is 67.0 Å². The fourth-order valence-electron chi connectivity index (χ4n) is 3.18. The number of nitrogens with zero attached hydrogens (tertiary/aromatic N) is 3. The number of fused-ring (bicyclic) bond motifs is 1. The Morgan fingerprint density at radius 2 is 1.72 bits per heavy atom. The van der Waals surface area contributed by atoms with Gasteiger partial charge in [-0.2, -0.15) is 0 Å². The van der Waals surface area contributed by atoms with Crippen molar-refractivity contribution in [3.05, 3.63) is 72.6 Å². The van der Waals surface area contributed by atoms with Crippen LogP contribution in [0.3, 0.4) is 0 Å². The number of anilines is 3. The minimum atomic E-state index is -3.77. The number of hydrogen-bond donors (Lipinski definition) is 2. The number of sulfonamides is 1. The highest BCUT2D eigenvalue weighted by Gasteiger charge is 2.20. The van der Waals surface area contributed by atoms with Crippen molar-refractivity contribution in [3.63, 3.8) is 0 Å². The lowest BCUT2D eigenvalue weighted by Gasteiger charge is -2.31. The number of para-hydroxylation sites is 1. The number of aryl methyl sites for hydroxylation is 1. The molecule has 0 saturated carbocycles. The summed E-state index contributed by atoms with van der Waals surface area (Å²) in [5, 5.41) is 3.78. The Kier molecular flexibility index (Phi) is 5.41. The zero-order valence-electron chi connectivity index (χ0n) is 15.4. The van der Waals surface area contributed by atoms with Crippen LogP contribution < -0.4 is 14.9 Å². The van der Waals surface area contributed by atoms with Crippen LogP contribution in [0.2, 0.25) is 0 Å². The Morgan fingerprint density at radius 1 is 1.00 bits per heavy atom. The standard InChI is InChI=1S/C20H19N5O2S2/c26-29(27,24-19-21-12-4-13-22-19)17-10-8-16(9-11-17)23-20(28)25-14-3-6-15-5-1-2-7-18(15)25/h1-2,4-5,7-13H,3,6,14H2,(H,23,28)(H,21,22,24). The maximum Gasteiger partial charge on any atom is 0.264 e. The van der Waals surface area contributed by atoms with E-state index in [9.17, 15) is 8.42 Å². The summed E-state index contributed by atoms with van der Waals surface area (Å²) in [6.45, 7) is 0.844. The predicted molar refractivity (Wildman–Crippen MR) is 118 cm³/mol. The SMILES string of the molecule is O=S(=O)(Nc1ncccn1)c1ccc(NC(=S)N2CCCc3ccccc32)cc1. The lowest BCUT2D eigenvalue weighted by atomic mass is 10.0. The molecule has 0 unspecified atom stereocenters. The van der Waals surface area contributed by atoms with Crippen molar-refractivity contribution < 1.29 is 8.42 Å². The smallest absolute Gasteiger partial charge is 0.264 e. The van der Waals surface area contributed by atoms with E-state index in [0.717, 1.165) is 25.1 Å². The molecule has 0 radical (unpaired) electrons. The van der Waals surface area contributed by atoms with E-state index < -0.39 is 10.0 Å². The van der Waals surface area contributed by atoms with E-state index in [4.69, 9.17) is 12.2 Å². The van der Waals surface area contributed by atoms with Gasteiger partial charge in [-0.1, -0.05) is 18.2 Å². The molecule has 148 valence electrons. The number of thiocarbonyl (C=S) groups is 1. The van der Waals surface area contributed by atoms with E-state index in [2.05, 4.69) is 37.0 Å². The molecule has 0 spiro atoms. The van der Waals surface area contributed by atoms with Gasteiger partial charge in [0.25, 0.3) is 10.0 Å². The van der Waals surface area contributed by atoms with Crippen molar-refractivity contribution in [2.45, 2.75) is 17.7 Å². The molecule has 4 rings (SSSR count). The summed E-state index contributed by atoms with van der Waals surface area (Å²) in [5.41, 5.74) is 3.11.